The van der Waals surface area contributed by atoms with Crippen LogP contribution < -0.4 is 9.47 Å². The molecule has 0 N–H and O–H groups in total. The number of hydrogen-bond donors (Lipinski definition) is 0. The molecule has 0 saturated carbocycles. The van der Waals surface area contributed by atoms with Crippen molar-refractivity contribution in [2.75, 3.05) is 0 Å². The molecule has 0 unspecified atom stereocenters. The van der Waals surface area contributed by atoms with Gasteiger partial charge >= 0.3 is 0 Å². The SMILES string of the molecule is Fc1ccccc1Oc1cc(Cl)c(Oc2ccccc2F)nn1. The van der Waals surface area contributed by atoms with Crippen LogP contribution in [-0.2, 0) is 0 Å². The van der Waals surface area contributed by atoms with Crippen molar-refractivity contribution in [1.29, 1.82) is 0 Å². The van der Waals surface area contributed by atoms with Crippen molar-refractivity contribution < 1.29 is 18.3 Å². The Bertz CT molecular complexity index is 846. The van der Waals surface area contributed by atoms with Gasteiger partial charge in [0.15, 0.2) is 23.1 Å². The molecule has 0 aliphatic carbocycles. The normalized spacial score (nSPS) is 10.4. The zero-order valence-corrected chi connectivity index (χ0v) is 12.3. The van der Waals surface area contributed by atoms with Gasteiger partial charge in [0, 0.05) is 6.07 Å². The number of aromatic nitrogens is 2. The molecule has 3 rings (SSSR count). The third kappa shape index (κ3) is 3.54. The Morgan fingerprint density at radius 3 is 1.91 bits per heavy atom. The molecule has 0 aliphatic rings. The fraction of sp³-hybridized carbons (Fsp3) is 0. The molecule has 7 heteroatoms. The molecule has 0 bridgehead atoms. The molecule has 0 fully saturated rings. The Hall–Kier alpha value is -2.73. The highest BCUT2D eigenvalue weighted by atomic mass is 35.5. The van der Waals surface area contributed by atoms with Crippen molar-refractivity contribution in [3.8, 4) is 23.3 Å². The van der Waals surface area contributed by atoms with E-state index < -0.39 is 11.6 Å². The first-order chi connectivity index (χ1) is 11.1. The van der Waals surface area contributed by atoms with E-state index in [9.17, 15) is 8.78 Å². The standard InChI is InChI=1S/C16H9ClF2N2O2/c17-10-9-15(22-13-7-3-1-5-11(13)18)20-21-16(10)23-14-8-4-2-6-12(14)19/h1-9H. The van der Waals surface area contributed by atoms with Gasteiger partial charge in [-0.2, -0.15) is 0 Å². The van der Waals surface area contributed by atoms with E-state index in [1.54, 1.807) is 12.1 Å². The van der Waals surface area contributed by atoms with Gasteiger partial charge in [0.25, 0.3) is 5.88 Å². The molecule has 2 aromatic carbocycles. The van der Waals surface area contributed by atoms with Crippen LogP contribution in [0.2, 0.25) is 5.02 Å². The number of para-hydroxylation sites is 2. The maximum atomic E-state index is 13.5. The van der Waals surface area contributed by atoms with Crippen LogP contribution in [0.4, 0.5) is 8.78 Å². The third-order valence-electron chi connectivity index (χ3n) is 2.79. The minimum absolute atomic E-state index is 0.0130. The van der Waals surface area contributed by atoms with E-state index in [0.717, 1.165) is 0 Å². The van der Waals surface area contributed by atoms with Gasteiger partial charge in [-0.3, -0.25) is 0 Å². The smallest absolute Gasteiger partial charge is 0.258 e. The van der Waals surface area contributed by atoms with Crippen molar-refractivity contribution in [3.05, 3.63) is 71.3 Å². The van der Waals surface area contributed by atoms with Crippen molar-refractivity contribution in [2.45, 2.75) is 0 Å². The topological polar surface area (TPSA) is 44.2 Å². The van der Waals surface area contributed by atoms with E-state index in [0.29, 0.717) is 0 Å². The summed E-state index contributed by atoms with van der Waals surface area (Å²) in [4.78, 5) is 0. The van der Waals surface area contributed by atoms with Crippen LogP contribution in [0.3, 0.4) is 0 Å². The molecule has 1 aromatic heterocycles. The van der Waals surface area contributed by atoms with Gasteiger partial charge in [0.05, 0.1) is 0 Å². The Kier molecular flexibility index (Phi) is 4.34. The van der Waals surface area contributed by atoms with Gasteiger partial charge in [0.1, 0.15) is 5.02 Å². The van der Waals surface area contributed by atoms with Crippen molar-refractivity contribution in [2.24, 2.45) is 0 Å². The van der Waals surface area contributed by atoms with Gasteiger partial charge in [0.2, 0.25) is 5.88 Å². The number of benzene rings is 2. The van der Waals surface area contributed by atoms with Crippen LogP contribution in [0.5, 0.6) is 23.3 Å². The van der Waals surface area contributed by atoms with Crippen LogP contribution in [-0.4, -0.2) is 10.2 Å². The summed E-state index contributed by atoms with van der Waals surface area (Å²) in [6.45, 7) is 0. The molecular formula is C16H9ClF2N2O2. The summed E-state index contributed by atoms with van der Waals surface area (Å²) in [5, 5.41) is 7.50. The first-order valence-electron chi connectivity index (χ1n) is 6.51. The molecule has 4 nitrogen and oxygen atoms in total. The highest BCUT2D eigenvalue weighted by Gasteiger charge is 2.12. The van der Waals surface area contributed by atoms with E-state index in [1.807, 2.05) is 0 Å². The third-order valence-corrected chi connectivity index (χ3v) is 3.06. The predicted octanol–water partition coefficient (Wildman–Crippen LogP) is 4.99. The fourth-order valence-electron chi connectivity index (χ4n) is 1.73. The zero-order valence-electron chi connectivity index (χ0n) is 11.5. The van der Waals surface area contributed by atoms with Crippen LogP contribution in [0.25, 0.3) is 0 Å². The summed E-state index contributed by atoms with van der Waals surface area (Å²) in [6.07, 6.45) is 0. The highest BCUT2D eigenvalue weighted by molar-refractivity contribution is 6.31. The molecule has 0 spiro atoms. The maximum absolute atomic E-state index is 13.5. The quantitative estimate of drug-likeness (QED) is 0.674. The number of ether oxygens (including phenoxy) is 2. The van der Waals surface area contributed by atoms with Crippen LogP contribution in [0, 0.1) is 11.6 Å². The Morgan fingerprint density at radius 1 is 0.783 bits per heavy atom. The van der Waals surface area contributed by atoms with E-state index in [1.165, 1.54) is 42.5 Å². The van der Waals surface area contributed by atoms with Gasteiger partial charge < -0.3 is 9.47 Å². The highest BCUT2D eigenvalue weighted by Crippen LogP contribution is 2.31. The summed E-state index contributed by atoms with van der Waals surface area (Å²) in [5.41, 5.74) is 0. The number of hydrogen-bond acceptors (Lipinski definition) is 4. The number of rotatable bonds is 4. The fourth-order valence-corrected chi connectivity index (χ4v) is 1.90. The lowest BCUT2D eigenvalue weighted by Crippen LogP contribution is -1.97. The van der Waals surface area contributed by atoms with Crippen LogP contribution >= 0.6 is 11.6 Å². The monoisotopic (exact) mass is 334 g/mol. The molecule has 116 valence electrons. The molecule has 0 amide bonds. The number of halogens is 3. The van der Waals surface area contributed by atoms with Gasteiger partial charge in [-0.25, -0.2) is 8.78 Å². The second-order valence-electron chi connectivity index (χ2n) is 4.40. The molecule has 0 aliphatic heterocycles. The molecule has 23 heavy (non-hydrogen) atoms. The molecule has 0 radical (unpaired) electrons. The van der Waals surface area contributed by atoms with E-state index in [4.69, 9.17) is 21.1 Å². The number of nitrogens with zero attached hydrogens (tertiary/aromatic N) is 2. The molecule has 0 atom stereocenters. The maximum Gasteiger partial charge on any atom is 0.258 e. The van der Waals surface area contributed by atoms with Crippen molar-refractivity contribution in [1.82, 2.24) is 10.2 Å². The lowest BCUT2D eigenvalue weighted by atomic mass is 10.3. The van der Waals surface area contributed by atoms with Crippen molar-refractivity contribution >= 4 is 11.6 Å². The molecular weight excluding hydrogens is 326 g/mol. The lowest BCUT2D eigenvalue weighted by molar-refractivity contribution is 0.399. The Balaban J connectivity index is 1.81. The van der Waals surface area contributed by atoms with Crippen LogP contribution in [0.15, 0.2) is 54.6 Å². The first-order valence-corrected chi connectivity index (χ1v) is 6.89. The van der Waals surface area contributed by atoms with Crippen molar-refractivity contribution in [3.63, 3.8) is 0 Å². The van der Waals surface area contributed by atoms with Gasteiger partial charge in [-0.05, 0) is 24.3 Å². The Morgan fingerprint density at radius 2 is 1.35 bits per heavy atom. The second-order valence-corrected chi connectivity index (χ2v) is 4.81. The average Bonchev–Trinajstić information content (AvgIpc) is 2.54. The lowest BCUT2D eigenvalue weighted by Gasteiger charge is -2.08. The molecule has 0 saturated heterocycles. The molecule has 3 aromatic rings. The van der Waals surface area contributed by atoms with E-state index in [-0.39, 0.29) is 28.3 Å². The zero-order chi connectivity index (χ0) is 16.2. The summed E-state index contributed by atoms with van der Waals surface area (Å²) in [6, 6.07) is 12.9. The summed E-state index contributed by atoms with van der Waals surface area (Å²) < 4.78 is 37.6. The summed E-state index contributed by atoms with van der Waals surface area (Å²) in [7, 11) is 0. The largest absolute Gasteiger partial charge is 0.434 e. The predicted molar refractivity (Wildman–Crippen MR) is 80.0 cm³/mol. The van der Waals surface area contributed by atoms with Gasteiger partial charge in [-0.1, -0.05) is 35.9 Å². The summed E-state index contributed by atoms with van der Waals surface area (Å²) in [5.74, 6) is -1.25. The van der Waals surface area contributed by atoms with Gasteiger partial charge in [-0.15, -0.1) is 10.2 Å². The van der Waals surface area contributed by atoms with Crippen LogP contribution in [0.1, 0.15) is 0 Å². The first kappa shape index (κ1) is 15.2. The van der Waals surface area contributed by atoms with E-state index >= 15 is 0 Å². The average molecular weight is 335 g/mol. The Labute approximate surface area is 135 Å². The summed E-state index contributed by atoms with van der Waals surface area (Å²) >= 11 is 6.01. The second kappa shape index (κ2) is 6.58. The molecule has 1 heterocycles. The van der Waals surface area contributed by atoms with E-state index in [2.05, 4.69) is 10.2 Å². The minimum atomic E-state index is -0.558. The minimum Gasteiger partial charge on any atom is -0.434 e.